The molecule has 7 heteroatoms. The van der Waals surface area contributed by atoms with Crippen LogP contribution in [0, 0.1) is 0 Å². The molecule has 1 fully saturated rings. The number of morpholine rings is 1. The van der Waals surface area contributed by atoms with Crippen LogP contribution in [-0.4, -0.2) is 44.8 Å². The first-order chi connectivity index (χ1) is 9.69. The average Bonchev–Trinajstić information content (AvgIpc) is 2.50. The smallest absolute Gasteiger partial charge is 0.318 e. The van der Waals surface area contributed by atoms with Crippen LogP contribution in [0.1, 0.15) is 0 Å². The number of hydrogen-bond donors (Lipinski definition) is 4. The van der Waals surface area contributed by atoms with Crippen LogP contribution in [0.15, 0.2) is 24.3 Å². The van der Waals surface area contributed by atoms with Crippen molar-refractivity contribution in [3.05, 3.63) is 24.3 Å². The SMILES string of the molecule is CNC(=O)Nc1ccc(NC(=O)C2CNCCO2)cc1. The van der Waals surface area contributed by atoms with Crippen molar-refractivity contribution in [2.24, 2.45) is 0 Å². The molecule has 4 N–H and O–H groups in total. The maximum atomic E-state index is 11.9. The molecule has 108 valence electrons. The number of benzene rings is 1. The number of hydrogen-bond acceptors (Lipinski definition) is 4. The highest BCUT2D eigenvalue weighted by atomic mass is 16.5. The maximum absolute atomic E-state index is 11.9. The lowest BCUT2D eigenvalue weighted by Crippen LogP contribution is -2.45. The largest absolute Gasteiger partial charge is 0.366 e. The van der Waals surface area contributed by atoms with Crippen LogP contribution >= 0.6 is 0 Å². The van der Waals surface area contributed by atoms with Crippen molar-refractivity contribution in [1.29, 1.82) is 0 Å². The molecule has 1 unspecified atom stereocenters. The number of carbonyl (C=O) groups excluding carboxylic acids is 2. The minimum atomic E-state index is -0.465. The van der Waals surface area contributed by atoms with Gasteiger partial charge in [0.1, 0.15) is 6.10 Å². The van der Waals surface area contributed by atoms with Gasteiger partial charge in [-0.05, 0) is 24.3 Å². The summed E-state index contributed by atoms with van der Waals surface area (Å²) in [6.07, 6.45) is -0.465. The Morgan fingerprint density at radius 2 is 1.85 bits per heavy atom. The second kappa shape index (κ2) is 6.88. The van der Waals surface area contributed by atoms with E-state index < -0.39 is 6.10 Å². The number of rotatable bonds is 3. The molecule has 1 aromatic rings. The van der Waals surface area contributed by atoms with E-state index in [9.17, 15) is 9.59 Å². The fourth-order valence-electron chi connectivity index (χ4n) is 1.79. The summed E-state index contributed by atoms with van der Waals surface area (Å²) >= 11 is 0. The predicted octanol–water partition coefficient (Wildman–Crippen LogP) is 0.365. The van der Waals surface area contributed by atoms with E-state index in [0.29, 0.717) is 24.5 Å². The zero-order valence-corrected chi connectivity index (χ0v) is 11.2. The predicted molar refractivity (Wildman–Crippen MR) is 75.8 cm³/mol. The molecule has 0 spiro atoms. The zero-order valence-electron chi connectivity index (χ0n) is 11.2. The van der Waals surface area contributed by atoms with E-state index in [1.807, 2.05) is 0 Å². The van der Waals surface area contributed by atoms with Gasteiger partial charge in [-0.2, -0.15) is 0 Å². The molecule has 0 aliphatic carbocycles. The van der Waals surface area contributed by atoms with Crippen LogP contribution in [0.3, 0.4) is 0 Å². The molecule has 20 heavy (non-hydrogen) atoms. The Hall–Kier alpha value is -2.12. The molecule has 1 saturated heterocycles. The summed E-state index contributed by atoms with van der Waals surface area (Å²) in [5, 5.41) is 11.0. The van der Waals surface area contributed by atoms with E-state index in [4.69, 9.17) is 4.74 Å². The van der Waals surface area contributed by atoms with Crippen LogP contribution in [0.4, 0.5) is 16.2 Å². The Bertz CT molecular complexity index is 469. The van der Waals surface area contributed by atoms with Gasteiger partial charge in [-0.1, -0.05) is 0 Å². The highest BCUT2D eigenvalue weighted by molar-refractivity contribution is 5.95. The minimum Gasteiger partial charge on any atom is -0.366 e. The highest BCUT2D eigenvalue weighted by Crippen LogP contribution is 2.14. The summed E-state index contributed by atoms with van der Waals surface area (Å²) in [7, 11) is 1.54. The minimum absolute atomic E-state index is 0.177. The summed E-state index contributed by atoms with van der Waals surface area (Å²) < 4.78 is 5.36. The molecular formula is C13H18N4O3. The van der Waals surface area contributed by atoms with Crippen molar-refractivity contribution in [3.63, 3.8) is 0 Å². The Morgan fingerprint density at radius 1 is 1.20 bits per heavy atom. The molecule has 0 radical (unpaired) electrons. The molecule has 3 amide bonds. The van der Waals surface area contributed by atoms with Crippen molar-refractivity contribution in [1.82, 2.24) is 10.6 Å². The third kappa shape index (κ3) is 3.94. The third-order valence-corrected chi connectivity index (χ3v) is 2.86. The second-order valence-electron chi connectivity index (χ2n) is 4.33. The summed E-state index contributed by atoms with van der Waals surface area (Å²) in [5.74, 6) is -0.177. The maximum Gasteiger partial charge on any atom is 0.318 e. The third-order valence-electron chi connectivity index (χ3n) is 2.86. The molecule has 1 aliphatic heterocycles. The molecule has 0 aromatic heterocycles. The van der Waals surface area contributed by atoms with E-state index in [1.165, 1.54) is 0 Å². The van der Waals surface area contributed by atoms with Crippen molar-refractivity contribution >= 4 is 23.3 Å². The monoisotopic (exact) mass is 278 g/mol. The van der Waals surface area contributed by atoms with Gasteiger partial charge >= 0.3 is 6.03 Å². The fourth-order valence-corrected chi connectivity index (χ4v) is 1.79. The summed E-state index contributed by atoms with van der Waals surface area (Å²) in [6, 6.07) is 6.58. The molecule has 1 aromatic carbocycles. The number of nitrogens with one attached hydrogen (secondary N) is 4. The Balaban J connectivity index is 1.89. The normalized spacial score (nSPS) is 18.1. The lowest BCUT2D eigenvalue weighted by atomic mass is 10.2. The summed E-state index contributed by atoms with van der Waals surface area (Å²) in [4.78, 5) is 23.1. The zero-order chi connectivity index (χ0) is 14.4. The van der Waals surface area contributed by atoms with Gasteiger partial charge in [-0.3, -0.25) is 4.79 Å². The van der Waals surface area contributed by atoms with Gasteiger partial charge in [-0.25, -0.2) is 4.79 Å². The van der Waals surface area contributed by atoms with Gasteiger partial charge in [0, 0.05) is 31.5 Å². The van der Waals surface area contributed by atoms with Crippen molar-refractivity contribution in [3.8, 4) is 0 Å². The van der Waals surface area contributed by atoms with E-state index in [2.05, 4.69) is 21.3 Å². The second-order valence-corrected chi connectivity index (χ2v) is 4.33. The molecule has 1 aliphatic rings. The van der Waals surface area contributed by atoms with Gasteiger partial charge in [0.15, 0.2) is 0 Å². The van der Waals surface area contributed by atoms with Crippen LogP contribution in [-0.2, 0) is 9.53 Å². The summed E-state index contributed by atoms with van der Waals surface area (Å²) in [5.41, 5.74) is 1.31. The van der Waals surface area contributed by atoms with Gasteiger partial charge in [0.2, 0.25) is 0 Å². The van der Waals surface area contributed by atoms with E-state index >= 15 is 0 Å². The fraction of sp³-hybridized carbons (Fsp3) is 0.385. The lowest BCUT2D eigenvalue weighted by Gasteiger charge is -2.22. The number of urea groups is 1. The Labute approximate surface area is 117 Å². The highest BCUT2D eigenvalue weighted by Gasteiger charge is 2.21. The van der Waals surface area contributed by atoms with E-state index in [0.717, 1.165) is 6.54 Å². The van der Waals surface area contributed by atoms with Crippen LogP contribution < -0.4 is 21.3 Å². The van der Waals surface area contributed by atoms with Gasteiger partial charge < -0.3 is 26.0 Å². The Kier molecular flexibility index (Phi) is 4.91. The van der Waals surface area contributed by atoms with Gasteiger partial charge in [0.05, 0.1) is 6.61 Å². The topological polar surface area (TPSA) is 91.5 Å². The number of amides is 3. The molecule has 1 heterocycles. The molecule has 0 saturated carbocycles. The number of anilines is 2. The van der Waals surface area contributed by atoms with Gasteiger partial charge in [-0.15, -0.1) is 0 Å². The summed E-state index contributed by atoms with van der Waals surface area (Å²) in [6.45, 7) is 1.82. The molecule has 7 nitrogen and oxygen atoms in total. The molecule has 1 atom stereocenters. The van der Waals surface area contributed by atoms with Crippen molar-refractivity contribution < 1.29 is 14.3 Å². The first-order valence-electron chi connectivity index (χ1n) is 6.41. The van der Waals surface area contributed by atoms with E-state index in [-0.39, 0.29) is 11.9 Å². The number of carbonyl (C=O) groups is 2. The van der Waals surface area contributed by atoms with Crippen LogP contribution in [0.25, 0.3) is 0 Å². The van der Waals surface area contributed by atoms with Crippen molar-refractivity contribution in [2.75, 3.05) is 37.4 Å². The Morgan fingerprint density at radius 3 is 2.40 bits per heavy atom. The average molecular weight is 278 g/mol. The quantitative estimate of drug-likeness (QED) is 0.642. The van der Waals surface area contributed by atoms with Crippen molar-refractivity contribution in [2.45, 2.75) is 6.10 Å². The first-order valence-corrected chi connectivity index (χ1v) is 6.41. The standard InChI is InChI=1S/C13H18N4O3/c1-14-13(19)17-10-4-2-9(3-5-10)16-12(18)11-8-15-6-7-20-11/h2-5,11,15H,6-8H2,1H3,(H,16,18)(H2,14,17,19). The first kappa shape index (κ1) is 14.3. The molecular weight excluding hydrogens is 260 g/mol. The molecule has 2 rings (SSSR count). The van der Waals surface area contributed by atoms with Crippen LogP contribution in [0.2, 0.25) is 0 Å². The van der Waals surface area contributed by atoms with E-state index in [1.54, 1.807) is 31.3 Å². The number of ether oxygens (including phenoxy) is 1. The lowest BCUT2D eigenvalue weighted by molar-refractivity contribution is -0.128. The van der Waals surface area contributed by atoms with Crippen LogP contribution in [0.5, 0.6) is 0 Å². The van der Waals surface area contributed by atoms with Gasteiger partial charge in [0.25, 0.3) is 5.91 Å². The molecule has 0 bridgehead atoms.